The molecule has 7 heteroatoms. The van der Waals surface area contributed by atoms with Crippen molar-refractivity contribution in [3.05, 3.63) is 59.7 Å². The van der Waals surface area contributed by atoms with E-state index in [4.69, 9.17) is 10.5 Å². The number of aliphatic imine (C=N–C) groups is 1. The number of aryl methyl sites for hydroxylation is 1. The number of hydrogen-bond donors (Lipinski definition) is 3. The zero-order valence-electron chi connectivity index (χ0n) is 17.6. The average Bonchev–Trinajstić information content (AvgIpc) is 2.77. The highest BCUT2D eigenvalue weighted by Crippen LogP contribution is 2.13. The van der Waals surface area contributed by atoms with E-state index in [0.29, 0.717) is 18.9 Å². The van der Waals surface area contributed by atoms with E-state index < -0.39 is 0 Å². The van der Waals surface area contributed by atoms with Crippen LogP contribution in [0.15, 0.2) is 53.5 Å². The minimum Gasteiger partial charge on any atom is -0.379 e. The number of carbonyl (C=O) groups excluding carboxylic acids is 1. The van der Waals surface area contributed by atoms with E-state index in [1.165, 1.54) is 5.56 Å². The lowest BCUT2D eigenvalue weighted by Crippen LogP contribution is -2.38. The predicted octanol–water partition coefficient (Wildman–Crippen LogP) is 2.84. The highest BCUT2D eigenvalue weighted by Gasteiger charge is 2.12. The highest BCUT2D eigenvalue weighted by atomic mass is 16.5. The number of guanidine groups is 1. The molecule has 4 N–H and O–H groups in total. The molecule has 2 aromatic rings. The minimum atomic E-state index is 0.0131. The monoisotopic (exact) mass is 409 g/mol. The Morgan fingerprint density at radius 1 is 1.07 bits per heavy atom. The summed E-state index contributed by atoms with van der Waals surface area (Å²) < 4.78 is 5.33. The fraction of sp³-hybridized carbons (Fsp3) is 0.391. The fourth-order valence-corrected chi connectivity index (χ4v) is 3.29. The van der Waals surface area contributed by atoms with Crippen molar-refractivity contribution in [2.75, 3.05) is 43.5 Å². The molecule has 1 aliphatic heterocycles. The third-order valence-corrected chi connectivity index (χ3v) is 5.01. The number of nitrogens with two attached hydrogens (primary N) is 1. The molecule has 0 atom stereocenters. The lowest BCUT2D eigenvalue weighted by Gasteiger charge is -2.26. The molecule has 2 aromatic carbocycles. The Kier molecular flexibility index (Phi) is 8.23. The number of hydrogen-bond acceptors (Lipinski definition) is 4. The number of nitrogens with zero attached hydrogens (tertiary/aromatic N) is 2. The van der Waals surface area contributed by atoms with Crippen LogP contribution in [0.2, 0.25) is 0 Å². The molecule has 0 radical (unpaired) electrons. The van der Waals surface area contributed by atoms with Crippen molar-refractivity contribution in [3.8, 4) is 0 Å². The van der Waals surface area contributed by atoms with Gasteiger partial charge in [0.1, 0.15) is 0 Å². The standard InChI is InChI=1S/C23H31N5O2/c1-2-18-5-3-8-21(15-18)27-23(24)25-17-19-6-4-7-20(16-19)26-22(29)9-10-28-11-13-30-14-12-28/h3-8,15-16H,2,9-14,17H2,1H3,(H,26,29)(H3,24,25,27). The van der Waals surface area contributed by atoms with E-state index in [2.05, 4.69) is 39.6 Å². The zero-order chi connectivity index (χ0) is 21.2. The number of nitrogens with one attached hydrogen (secondary N) is 2. The highest BCUT2D eigenvalue weighted by molar-refractivity contribution is 5.92. The van der Waals surface area contributed by atoms with Crippen LogP contribution in [0, 0.1) is 0 Å². The third kappa shape index (κ3) is 7.17. The van der Waals surface area contributed by atoms with Crippen molar-refractivity contribution in [1.82, 2.24) is 4.90 Å². The average molecular weight is 410 g/mol. The molecule has 0 unspecified atom stereocenters. The summed E-state index contributed by atoms with van der Waals surface area (Å²) in [5, 5.41) is 6.10. The number of amides is 1. The van der Waals surface area contributed by atoms with Gasteiger partial charge in [-0.3, -0.25) is 9.69 Å². The minimum absolute atomic E-state index is 0.0131. The fourth-order valence-electron chi connectivity index (χ4n) is 3.29. The van der Waals surface area contributed by atoms with E-state index in [1.807, 2.05) is 36.4 Å². The quantitative estimate of drug-likeness (QED) is 0.461. The van der Waals surface area contributed by atoms with Gasteiger partial charge < -0.3 is 21.1 Å². The van der Waals surface area contributed by atoms with Gasteiger partial charge in [-0.2, -0.15) is 0 Å². The molecule has 0 aromatic heterocycles. The number of morpholine rings is 1. The number of carbonyl (C=O) groups is 1. The maximum Gasteiger partial charge on any atom is 0.225 e. The van der Waals surface area contributed by atoms with E-state index >= 15 is 0 Å². The largest absolute Gasteiger partial charge is 0.379 e. The normalized spacial score (nSPS) is 15.0. The lowest BCUT2D eigenvalue weighted by atomic mass is 10.1. The van der Waals surface area contributed by atoms with Gasteiger partial charge in [0, 0.05) is 37.4 Å². The van der Waals surface area contributed by atoms with E-state index in [-0.39, 0.29) is 5.91 Å². The summed E-state index contributed by atoms with van der Waals surface area (Å²) in [6.07, 6.45) is 1.44. The van der Waals surface area contributed by atoms with Gasteiger partial charge in [0.15, 0.2) is 5.96 Å². The number of anilines is 2. The second-order valence-electron chi connectivity index (χ2n) is 7.33. The number of ether oxygens (including phenoxy) is 1. The first-order valence-electron chi connectivity index (χ1n) is 10.5. The Hall–Kier alpha value is -2.90. The molecule has 0 saturated carbocycles. The Bertz CT molecular complexity index is 862. The third-order valence-electron chi connectivity index (χ3n) is 5.01. The number of benzene rings is 2. The van der Waals surface area contributed by atoms with Crippen LogP contribution in [0.25, 0.3) is 0 Å². The van der Waals surface area contributed by atoms with Crippen molar-refractivity contribution in [2.24, 2.45) is 10.7 Å². The van der Waals surface area contributed by atoms with Crippen LogP contribution in [0.3, 0.4) is 0 Å². The number of rotatable bonds is 8. The molecule has 160 valence electrons. The van der Waals surface area contributed by atoms with Gasteiger partial charge in [-0.15, -0.1) is 0 Å². The summed E-state index contributed by atoms with van der Waals surface area (Å²) in [6, 6.07) is 15.8. The molecule has 0 spiro atoms. The van der Waals surface area contributed by atoms with Crippen molar-refractivity contribution < 1.29 is 9.53 Å². The molecule has 1 saturated heterocycles. The molecule has 1 aliphatic rings. The Morgan fingerprint density at radius 3 is 2.47 bits per heavy atom. The SMILES string of the molecule is CCc1cccc(NC(N)=NCc2cccc(NC(=O)CCN3CCOCC3)c2)c1. The van der Waals surface area contributed by atoms with Gasteiger partial charge in [0.2, 0.25) is 5.91 Å². The zero-order valence-corrected chi connectivity index (χ0v) is 17.6. The van der Waals surface area contributed by atoms with Crippen LogP contribution in [0.5, 0.6) is 0 Å². The molecule has 30 heavy (non-hydrogen) atoms. The Balaban J connectivity index is 1.49. The van der Waals surface area contributed by atoms with E-state index in [1.54, 1.807) is 0 Å². The van der Waals surface area contributed by atoms with Crippen LogP contribution in [0.4, 0.5) is 11.4 Å². The van der Waals surface area contributed by atoms with Gasteiger partial charge in [-0.25, -0.2) is 4.99 Å². The molecule has 1 heterocycles. The first-order valence-corrected chi connectivity index (χ1v) is 10.5. The summed E-state index contributed by atoms with van der Waals surface area (Å²) in [6.45, 7) is 6.56. The maximum atomic E-state index is 12.3. The smallest absolute Gasteiger partial charge is 0.225 e. The molecule has 3 rings (SSSR count). The second-order valence-corrected chi connectivity index (χ2v) is 7.33. The molecule has 0 bridgehead atoms. The van der Waals surface area contributed by atoms with Crippen LogP contribution in [0.1, 0.15) is 24.5 Å². The molecule has 1 fully saturated rings. The van der Waals surface area contributed by atoms with Gasteiger partial charge in [0.25, 0.3) is 0 Å². The van der Waals surface area contributed by atoms with Crippen LogP contribution in [-0.4, -0.2) is 49.6 Å². The van der Waals surface area contributed by atoms with Crippen molar-refractivity contribution in [3.63, 3.8) is 0 Å². The molecule has 7 nitrogen and oxygen atoms in total. The first kappa shape index (κ1) is 21.8. The van der Waals surface area contributed by atoms with Gasteiger partial charge >= 0.3 is 0 Å². The maximum absolute atomic E-state index is 12.3. The van der Waals surface area contributed by atoms with E-state index in [9.17, 15) is 4.79 Å². The van der Waals surface area contributed by atoms with Crippen LogP contribution >= 0.6 is 0 Å². The summed E-state index contributed by atoms with van der Waals surface area (Å²) >= 11 is 0. The molecule has 0 aliphatic carbocycles. The summed E-state index contributed by atoms with van der Waals surface area (Å²) in [5.41, 5.74) is 9.95. The van der Waals surface area contributed by atoms with Gasteiger partial charge in [-0.05, 0) is 41.8 Å². The van der Waals surface area contributed by atoms with Crippen molar-refractivity contribution in [2.45, 2.75) is 26.3 Å². The Morgan fingerprint density at radius 2 is 1.73 bits per heavy atom. The van der Waals surface area contributed by atoms with Gasteiger partial charge in [0.05, 0.1) is 19.8 Å². The molecular weight excluding hydrogens is 378 g/mol. The summed E-state index contributed by atoms with van der Waals surface area (Å²) in [7, 11) is 0. The second kappa shape index (κ2) is 11.3. The topological polar surface area (TPSA) is 92.0 Å². The first-order chi connectivity index (χ1) is 14.6. The summed E-state index contributed by atoms with van der Waals surface area (Å²) in [4.78, 5) is 18.9. The van der Waals surface area contributed by atoms with E-state index in [0.717, 1.165) is 56.2 Å². The Labute approximate surface area is 178 Å². The summed E-state index contributed by atoms with van der Waals surface area (Å²) in [5.74, 6) is 0.377. The van der Waals surface area contributed by atoms with Crippen LogP contribution < -0.4 is 16.4 Å². The van der Waals surface area contributed by atoms with Crippen molar-refractivity contribution in [1.29, 1.82) is 0 Å². The molecule has 1 amide bonds. The molecular formula is C23H31N5O2. The lowest BCUT2D eigenvalue weighted by molar-refractivity contribution is -0.116. The van der Waals surface area contributed by atoms with Crippen LogP contribution in [-0.2, 0) is 22.5 Å². The van der Waals surface area contributed by atoms with Gasteiger partial charge in [-0.1, -0.05) is 31.2 Å². The van der Waals surface area contributed by atoms with Crippen molar-refractivity contribution >= 4 is 23.2 Å². The predicted molar refractivity (Wildman–Crippen MR) is 122 cm³/mol.